The number of hydrogen-bond donors (Lipinski definition) is 0. The van der Waals surface area contributed by atoms with Gasteiger partial charge in [-0.05, 0) is 12.5 Å². The maximum absolute atomic E-state index is 11.9. The first-order chi connectivity index (χ1) is 4.81. The molecule has 0 bridgehead atoms. The molecular formula is C6H7F5. The topological polar surface area (TPSA) is 0 Å². The molecule has 0 aliphatic carbocycles. The Morgan fingerprint density at radius 3 is 1.82 bits per heavy atom. The van der Waals surface area contributed by atoms with Crippen LogP contribution in [0.4, 0.5) is 22.0 Å². The molecule has 0 aromatic carbocycles. The second kappa shape index (κ2) is 3.19. The van der Waals surface area contributed by atoms with Crippen molar-refractivity contribution in [1.82, 2.24) is 0 Å². The van der Waals surface area contributed by atoms with E-state index in [0.29, 0.717) is 0 Å². The maximum atomic E-state index is 11.9. The highest BCUT2D eigenvalue weighted by molar-refractivity contribution is 4.98. The molecule has 0 saturated heterocycles. The van der Waals surface area contributed by atoms with Gasteiger partial charge in [0.2, 0.25) is 0 Å². The van der Waals surface area contributed by atoms with Gasteiger partial charge in [-0.3, -0.25) is 0 Å². The molecule has 0 saturated carbocycles. The molecule has 11 heavy (non-hydrogen) atoms. The van der Waals surface area contributed by atoms with Crippen LogP contribution in [-0.2, 0) is 0 Å². The van der Waals surface area contributed by atoms with Crippen LogP contribution >= 0.6 is 0 Å². The third-order valence-electron chi connectivity index (χ3n) is 0.941. The Kier molecular flexibility index (Phi) is 3.02. The normalized spacial score (nSPS) is 14.4. The SMILES string of the molecule is CCC=CC(F)(F)C(F)(F)F. The molecule has 0 atom stereocenters. The molecule has 0 fully saturated rings. The van der Waals surface area contributed by atoms with Gasteiger partial charge in [-0.15, -0.1) is 0 Å². The van der Waals surface area contributed by atoms with Crippen molar-refractivity contribution < 1.29 is 22.0 Å². The van der Waals surface area contributed by atoms with E-state index in [0.717, 1.165) is 6.08 Å². The average Bonchev–Trinajstić information content (AvgIpc) is 1.81. The van der Waals surface area contributed by atoms with Crippen molar-refractivity contribution in [3.63, 3.8) is 0 Å². The Labute approximate surface area is 60.7 Å². The van der Waals surface area contributed by atoms with Crippen LogP contribution in [0.15, 0.2) is 12.2 Å². The molecule has 0 nitrogen and oxygen atoms in total. The summed E-state index contributed by atoms with van der Waals surface area (Å²) < 4.78 is 57.9. The van der Waals surface area contributed by atoms with Gasteiger partial charge in [0.25, 0.3) is 0 Å². The molecule has 0 rings (SSSR count). The summed E-state index contributed by atoms with van der Waals surface area (Å²) in [5, 5.41) is 0. The second-order valence-electron chi connectivity index (χ2n) is 1.93. The van der Waals surface area contributed by atoms with Crippen LogP contribution in [0.1, 0.15) is 13.3 Å². The monoisotopic (exact) mass is 174 g/mol. The molecule has 0 aromatic rings. The highest BCUT2D eigenvalue weighted by atomic mass is 19.4. The number of hydrogen-bond acceptors (Lipinski definition) is 0. The minimum absolute atomic E-state index is 0.132. The van der Waals surface area contributed by atoms with Crippen LogP contribution < -0.4 is 0 Å². The summed E-state index contributed by atoms with van der Waals surface area (Å²) in [4.78, 5) is 0. The van der Waals surface area contributed by atoms with E-state index >= 15 is 0 Å². The van der Waals surface area contributed by atoms with E-state index in [9.17, 15) is 22.0 Å². The fourth-order valence-corrected chi connectivity index (χ4v) is 0.360. The third-order valence-corrected chi connectivity index (χ3v) is 0.941. The lowest BCUT2D eigenvalue weighted by atomic mass is 10.3. The minimum atomic E-state index is -5.47. The third kappa shape index (κ3) is 2.86. The summed E-state index contributed by atoms with van der Waals surface area (Å²) in [6.45, 7) is 1.48. The largest absolute Gasteiger partial charge is 0.457 e. The standard InChI is InChI=1S/C6H7F5/c1-2-3-4-5(7,8)6(9,10)11/h3-4H,2H2,1H3. The highest BCUT2D eigenvalue weighted by Gasteiger charge is 2.55. The Bertz CT molecular complexity index is 144. The van der Waals surface area contributed by atoms with Crippen molar-refractivity contribution in [2.45, 2.75) is 25.4 Å². The van der Waals surface area contributed by atoms with Crippen LogP contribution in [-0.4, -0.2) is 12.1 Å². The van der Waals surface area contributed by atoms with Crippen molar-refractivity contribution in [3.05, 3.63) is 12.2 Å². The van der Waals surface area contributed by atoms with Gasteiger partial charge < -0.3 is 0 Å². The summed E-state index contributed by atoms with van der Waals surface area (Å²) in [6, 6.07) is 0. The summed E-state index contributed by atoms with van der Waals surface area (Å²) >= 11 is 0. The van der Waals surface area contributed by atoms with Crippen LogP contribution in [0, 0.1) is 0 Å². The smallest absolute Gasteiger partial charge is 0.192 e. The van der Waals surface area contributed by atoms with Gasteiger partial charge in [-0.1, -0.05) is 13.0 Å². The van der Waals surface area contributed by atoms with E-state index in [2.05, 4.69) is 0 Å². The molecule has 0 radical (unpaired) electrons. The van der Waals surface area contributed by atoms with Crippen molar-refractivity contribution in [2.24, 2.45) is 0 Å². The minimum Gasteiger partial charge on any atom is -0.192 e. The van der Waals surface area contributed by atoms with Crippen molar-refractivity contribution in [1.29, 1.82) is 0 Å². The molecule has 66 valence electrons. The molecule has 0 amide bonds. The molecule has 0 aromatic heterocycles. The van der Waals surface area contributed by atoms with Crippen LogP contribution in [0.25, 0.3) is 0 Å². The first-order valence-corrected chi connectivity index (χ1v) is 2.93. The van der Waals surface area contributed by atoms with Crippen LogP contribution in [0.3, 0.4) is 0 Å². The quantitative estimate of drug-likeness (QED) is 0.445. The lowest BCUT2D eigenvalue weighted by molar-refractivity contribution is -0.259. The lowest BCUT2D eigenvalue weighted by Gasteiger charge is -2.14. The van der Waals surface area contributed by atoms with Gasteiger partial charge in [0.1, 0.15) is 0 Å². The molecule has 0 aliphatic heterocycles. The van der Waals surface area contributed by atoms with Gasteiger partial charge in [0, 0.05) is 0 Å². The first-order valence-electron chi connectivity index (χ1n) is 2.93. The number of rotatable bonds is 2. The predicted octanol–water partition coefficient (Wildman–Crippen LogP) is 3.15. The van der Waals surface area contributed by atoms with Crippen molar-refractivity contribution in [2.75, 3.05) is 0 Å². The van der Waals surface area contributed by atoms with Gasteiger partial charge >= 0.3 is 12.1 Å². The Hall–Kier alpha value is -0.610. The number of alkyl halides is 5. The molecule has 0 spiro atoms. The maximum Gasteiger partial charge on any atom is 0.457 e. The first kappa shape index (κ1) is 10.4. The number of halogens is 5. The molecule has 0 aliphatic rings. The summed E-state index contributed by atoms with van der Waals surface area (Å²) in [5.41, 5.74) is 0. The van der Waals surface area contributed by atoms with Gasteiger partial charge in [-0.2, -0.15) is 22.0 Å². The van der Waals surface area contributed by atoms with E-state index in [1.807, 2.05) is 0 Å². The Morgan fingerprint density at radius 2 is 1.55 bits per heavy atom. The highest BCUT2D eigenvalue weighted by Crippen LogP contribution is 2.36. The lowest BCUT2D eigenvalue weighted by Crippen LogP contribution is -2.33. The van der Waals surface area contributed by atoms with E-state index < -0.39 is 12.1 Å². The summed E-state index contributed by atoms with van der Waals surface area (Å²) in [6.07, 6.45) is -4.66. The van der Waals surface area contributed by atoms with E-state index in [1.54, 1.807) is 0 Å². The summed E-state index contributed by atoms with van der Waals surface area (Å²) in [5.74, 6) is -4.69. The molecular weight excluding hydrogens is 167 g/mol. The Balaban J connectivity index is 4.34. The molecule has 5 heteroatoms. The zero-order chi connectivity index (χ0) is 9.12. The zero-order valence-electron chi connectivity index (χ0n) is 5.75. The van der Waals surface area contributed by atoms with Crippen LogP contribution in [0.2, 0.25) is 0 Å². The van der Waals surface area contributed by atoms with Crippen molar-refractivity contribution in [3.8, 4) is 0 Å². The fourth-order valence-electron chi connectivity index (χ4n) is 0.360. The molecule has 0 heterocycles. The van der Waals surface area contributed by atoms with E-state index in [4.69, 9.17) is 0 Å². The number of allylic oxidation sites excluding steroid dienone is 2. The molecule has 0 N–H and O–H groups in total. The zero-order valence-corrected chi connectivity index (χ0v) is 5.75. The van der Waals surface area contributed by atoms with Crippen molar-refractivity contribution >= 4 is 0 Å². The molecule has 0 unspecified atom stereocenters. The fraction of sp³-hybridized carbons (Fsp3) is 0.667. The van der Waals surface area contributed by atoms with Gasteiger partial charge in [0.05, 0.1) is 0 Å². The van der Waals surface area contributed by atoms with E-state index in [1.165, 1.54) is 6.92 Å². The Morgan fingerprint density at radius 1 is 1.09 bits per heavy atom. The van der Waals surface area contributed by atoms with E-state index in [-0.39, 0.29) is 12.5 Å². The van der Waals surface area contributed by atoms with Gasteiger partial charge in [-0.25, -0.2) is 0 Å². The average molecular weight is 174 g/mol. The van der Waals surface area contributed by atoms with Gasteiger partial charge in [0.15, 0.2) is 0 Å². The van der Waals surface area contributed by atoms with Crippen LogP contribution in [0.5, 0.6) is 0 Å². The summed E-state index contributed by atoms with van der Waals surface area (Å²) in [7, 11) is 0. The predicted molar refractivity (Wildman–Crippen MR) is 30.4 cm³/mol. The second-order valence-corrected chi connectivity index (χ2v) is 1.93.